The monoisotopic (exact) mass is 406 g/mol. The van der Waals surface area contributed by atoms with Crippen LogP contribution in [-0.4, -0.2) is 34.0 Å². The summed E-state index contributed by atoms with van der Waals surface area (Å²) < 4.78 is 57.1. The number of aromatic nitrogens is 2. The molecular formula is C19H17ClFN5S. The van der Waals surface area contributed by atoms with E-state index in [1.54, 1.807) is 12.1 Å². The summed E-state index contributed by atoms with van der Waals surface area (Å²) in [5.74, 6) is -0.522. The Bertz CT molecular complexity index is 1210. The highest BCUT2D eigenvalue weighted by atomic mass is 35.5. The largest absolute Gasteiger partial charge is 0.367 e. The van der Waals surface area contributed by atoms with E-state index in [0.717, 1.165) is 6.07 Å². The molecule has 0 radical (unpaired) electrons. The molecule has 0 unspecified atom stereocenters. The van der Waals surface area contributed by atoms with Crippen LogP contribution in [0.5, 0.6) is 0 Å². The number of halogens is 2. The number of benzene rings is 1. The van der Waals surface area contributed by atoms with Crippen LogP contribution in [0.2, 0.25) is 4.34 Å². The maximum Gasteiger partial charge on any atom is 0.140 e. The van der Waals surface area contributed by atoms with Crippen LogP contribution in [0, 0.1) is 17.1 Å². The molecule has 4 rings (SSSR count). The van der Waals surface area contributed by atoms with Crippen molar-refractivity contribution >= 4 is 39.0 Å². The van der Waals surface area contributed by atoms with E-state index in [0.29, 0.717) is 20.1 Å². The van der Waals surface area contributed by atoms with Gasteiger partial charge in [-0.1, -0.05) is 17.7 Å². The van der Waals surface area contributed by atoms with Crippen LogP contribution >= 0.6 is 22.9 Å². The van der Waals surface area contributed by atoms with Crippen LogP contribution in [0.25, 0.3) is 10.2 Å². The molecular weight excluding hydrogens is 385 g/mol. The van der Waals surface area contributed by atoms with Gasteiger partial charge in [0, 0.05) is 31.1 Å². The summed E-state index contributed by atoms with van der Waals surface area (Å²) in [6, 6.07) is 4.97. The van der Waals surface area contributed by atoms with Crippen molar-refractivity contribution in [1.29, 1.82) is 5.26 Å². The lowest BCUT2D eigenvalue weighted by Crippen LogP contribution is -2.38. The van der Waals surface area contributed by atoms with Crippen molar-refractivity contribution in [3.05, 3.63) is 51.9 Å². The Kier molecular flexibility index (Phi) is 3.74. The van der Waals surface area contributed by atoms with Crippen LogP contribution in [0.4, 0.5) is 10.2 Å². The summed E-state index contributed by atoms with van der Waals surface area (Å²) in [4.78, 5) is 10.3. The van der Waals surface area contributed by atoms with Crippen molar-refractivity contribution in [2.75, 3.05) is 18.4 Å². The topological polar surface area (TPSA) is 64.8 Å². The van der Waals surface area contributed by atoms with Gasteiger partial charge in [-0.2, -0.15) is 5.26 Å². The van der Waals surface area contributed by atoms with Gasteiger partial charge in [0.25, 0.3) is 0 Å². The highest BCUT2D eigenvalue weighted by Gasteiger charge is 2.21. The smallest absolute Gasteiger partial charge is 0.140 e. The quantitative estimate of drug-likeness (QED) is 0.694. The third kappa shape index (κ3) is 4.03. The molecule has 2 aromatic heterocycles. The van der Waals surface area contributed by atoms with Crippen molar-refractivity contribution in [3.8, 4) is 6.07 Å². The summed E-state index contributed by atoms with van der Waals surface area (Å²) in [6.45, 7) is -0.427. The molecule has 5 nitrogen and oxygen atoms in total. The summed E-state index contributed by atoms with van der Waals surface area (Å²) >= 11 is 7.25. The van der Waals surface area contributed by atoms with Crippen molar-refractivity contribution in [3.63, 3.8) is 0 Å². The zero-order chi connectivity index (χ0) is 23.3. The fourth-order valence-electron chi connectivity index (χ4n) is 2.76. The molecule has 1 saturated heterocycles. The third-order valence-electron chi connectivity index (χ3n) is 4.06. The minimum absolute atomic E-state index is 0.0992. The van der Waals surface area contributed by atoms with Crippen LogP contribution in [0.15, 0.2) is 30.6 Å². The zero-order valence-electron chi connectivity index (χ0n) is 19.0. The van der Waals surface area contributed by atoms with Gasteiger partial charge in [0.15, 0.2) is 0 Å². The second kappa shape index (κ2) is 7.77. The van der Waals surface area contributed by atoms with Crippen molar-refractivity contribution in [2.45, 2.75) is 25.3 Å². The average molecular weight is 407 g/mol. The highest BCUT2D eigenvalue weighted by molar-refractivity contribution is 7.22. The number of piperidine rings is 1. The SMILES string of the molecule is [2H]C1([2H])CN(Cc2ccc(F)c(C#N)c2)CC([2H])([2H])C1([2H])Nc1ncnc2sc(Cl)cc12. The van der Waals surface area contributed by atoms with Gasteiger partial charge in [-0.3, -0.25) is 4.90 Å². The molecule has 0 atom stereocenters. The predicted molar refractivity (Wildman–Crippen MR) is 105 cm³/mol. The lowest BCUT2D eigenvalue weighted by molar-refractivity contribution is 0.211. The molecule has 1 fully saturated rings. The van der Waals surface area contributed by atoms with Gasteiger partial charge in [-0.15, -0.1) is 11.3 Å². The molecule has 0 amide bonds. The molecule has 27 heavy (non-hydrogen) atoms. The predicted octanol–water partition coefficient (Wildman–Crippen LogP) is 4.43. The first-order valence-corrected chi connectivity index (χ1v) is 9.24. The fourth-order valence-corrected chi connectivity index (χ4v) is 3.81. The van der Waals surface area contributed by atoms with E-state index in [4.69, 9.17) is 23.7 Å². The maximum absolute atomic E-state index is 13.6. The molecule has 1 aliphatic heterocycles. The second-order valence-electron chi connectivity index (χ2n) is 5.92. The summed E-state index contributed by atoms with van der Waals surface area (Å²) in [7, 11) is 0. The van der Waals surface area contributed by atoms with E-state index in [1.165, 1.54) is 34.7 Å². The normalized spacial score (nSPS) is 23.4. The lowest BCUT2D eigenvalue weighted by Gasteiger charge is -2.32. The number of rotatable bonds is 4. The highest BCUT2D eigenvalue weighted by Crippen LogP contribution is 2.32. The first-order chi connectivity index (χ1) is 15.0. The van der Waals surface area contributed by atoms with Gasteiger partial charge in [0.05, 0.1) is 16.7 Å². The maximum atomic E-state index is 13.6. The number of anilines is 1. The molecule has 1 N–H and O–H groups in total. The Balaban J connectivity index is 1.63. The lowest BCUT2D eigenvalue weighted by atomic mass is 10.0. The zero-order valence-corrected chi connectivity index (χ0v) is 15.5. The summed E-state index contributed by atoms with van der Waals surface area (Å²) in [5.41, 5.74) is 0.412. The van der Waals surface area contributed by atoms with Crippen molar-refractivity contribution < 1.29 is 11.2 Å². The Labute approximate surface area is 172 Å². The Morgan fingerprint density at radius 1 is 1.41 bits per heavy atom. The van der Waals surface area contributed by atoms with Crippen molar-refractivity contribution in [1.82, 2.24) is 14.9 Å². The number of fused-ring (bicyclic) bond motifs is 1. The van der Waals surface area contributed by atoms with Crippen LogP contribution < -0.4 is 5.32 Å². The van der Waals surface area contributed by atoms with Crippen molar-refractivity contribution in [2.24, 2.45) is 0 Å². The Morgan fingerprint density at radius 3 is 3.00 bits per heavy atom. The molecule has 3 aromatic rings. The minimum Gasteiger partial charge on any atom is -0.367 e. The Hall–Kier alpha value is -2.27. The first kappa shape index (κ1) is 13.0. The summed E-state index contributed by atoms with van der Waals surface area (Å²) in [5, 5.41) is 12.2. The molecule has 0 saturated carbocycles. The molecule has 8 heteroatoms. The number of nitrogens with one attached hydrogen (secondary N) is 1. The number of nitriles is 1. The van der Waals surface area contributed by atoms with E-state index in [2.05, 4.69) is 15.3 Å². The molecule has 1 aliphatic rings. The third-order valence-corrected chi connectivity index (χ3v) is 5.23. The van der Waals surface area contributed by atoms with Crippen LogP contribution in [0.1, 0.15) is 30.7 Å². The number of thiophene rings is 1. The second-order valence-corrected chi connectivity index (χ2v) is 7.58. The van der Waals surface area contributed by atoms with E-state index in [-0.39, 0.29) is 31.0 Å². The van der Waals surface area contributed by atoms with Gasteiger partial charge in [0.1, 0.15) is 28.9 Å². The number of hydrogen-bond donors (Lipinski definition) is 1. The average Bonchev–Trinajstić information content (AvgIpc) is 3.09. The Morgan fingerprint density at radius 2 is 2.22 bits per heavy atom. The van der Waals surface area contributed by atoms with E-state index < -0.39 is 24.6 Å². The van der Waals surface area contributed by atoms with E-state index >= 15 is 0 Å². The molecule has 0 bridgehead atoms. The van der Waals surface area contributed by atoms with Crippen LogP contribution in [-0.2, 0) is 6.54 Å². The van der Waals surface area contributed by atoms with Gasteiger partial charge < -0.3 is 5.32 Å². The number of hydrogen-bond acceptors (Lipinski definition) is 6. The number of nitrogens with zero attached hydrogens (tertiary/aromatic N) is 4. The van der Waals surface area contributed by atoms with Gasteiger partial charge in [-0.05, 0) is 36.5 Å². The molecule has 0 aliphatic carbocycles. The summed E-state index contributed by atoms with van der Waals surface area (Å²) in [6.07, 6.45) is -3.43. The van der Waals surface area contributed by atoms with Gasteiger partial charge >= 0.3 is 0 Å². The molecule has 0 spiro atoms. The van der Waals surface area contributed by atoms with E-state index in [9.17, 15) is 4.39 Å². The molecule has 138 valence electrons. The molecule has 1 aromatic carbocycles. The minimum atomic E-state index is -2.37. The fraction of sp³-hybridized carbons (Fsp3) is 0.316. The first-order valence-electron chi connectivity index (χ1n) is 10.5. The standard InChI is InChI=1S/C19H17ClFN5S/c20-17-8-15-18(23-11-24-19(15)27-17)25-14-3-5-26(6-4-14)10-12-1-2-16(21)13(7-12)9-22/h1-2,7-8,11,14H,3-6,10H2,(H,23,24,25)/i3D2,4D2,14D. The van der Waals surface area contributed by atoms with Gasteiger partial charge in [0.2, 0.25) is 0 Å². The number of likely N-dealkylation sites (tertiary alicyclic amines) is 1. The van der Waals surface area contributed by atoms with E-state index in [1.807, 2.05) is 0 Å². The van der Waals surface area contributed by atoms with Gasteiger partial charge in [-0.25, -0.2) is 14.4 Å². The van der Waals surface area contributed by atoms with Crippen LogP contribution in [0.3, 0.4) is 0 Å². The molecule has 3 heterocycles.